The van der Waals surface area contributed by atoms with Crippen molar-refractivity contribution in [3.63, 3.8) is 0 Å². The maximum atomic E-state index is 12.7. The van der Waals surface area contributed by atoms with E-state index in [0.29, 0.717) is 23.6 Å². The molecular formula is C22H26N2O5. The summed E-state index contributed by atoms with van der Waals surface area (Å²) in [5.41, 5.74) is 2.54. The Hall–Kier alpha value is -3.48. The van der Waals surface area contributed by atoms with Gasteiger partial charge in [0.15, 0.2) is 0 Å². The fraction of sp³-hybridized carbons (Fsp3) is 0.273. The topological polar surface area (TPSA) is 85.9 Å². The van der Waals surface area contributed by atoms with Gasteiger partial charge in [0.05, 0.1) is 32.9 Å². The van der Waals surface area contributed by atoms with Crippen LogP contribution in [0.2, 0.25) is 0 Å². The molecule has 1 atom stereocenters. The van der Waals surface area contributed by atoms with Crippen LogP contribution < -0.4 is 15.4 Å². The Bertz CT molecular complexity index is 865. The molecule has 2 aromatic rings. The van der Waals surface area contributed by atoms with E-state index in [4.69, 9.17) is 14.2 Å². The molecule has 0 fully saturated rings. The van der Waals surface area contributed by atoms with Crippen molar-refractivity contribution < 1.29 is 23.8 Å². The number of benzene rings is 2. The van der Waals surface area contributed by atoms with Crippen LogP contribution in [0, 0.1) is 0 Å². The first-order valence-electron chi connectivity index (χ1n) is 9.05. The predicted molar refractivity (Wildman–Crippen MR) is 109 cm³/mol. The van der Waals surface area contributed by atoms with Gasteiger partial charge >= 0.3 is 12.1 Å². The molecule has 0 aromatic heterocycles. The van der Waals surface area contributed by atoms with Gasteiger partial charge in [-0.15, -0.1) is 0 Å². The van der Waals surface area contributed by atoms with E-state index >= 15 is 0 Å². The molecule has 0 aliphatic rings. The number of amides is 1. The average Bonchev–Trinajstić information content (AvgIpc) is 2.77. The molecular weight excluding hydrogens is 372 g/mol. The van der Waals surface area contributed by atoms with Crippen molar-refractivity contribution in [3.8, 4) is 5.75 Å². The smallest absolute Gasteiger partial charge is 0.407 e. The van der Waals surface area contributed by atoms with Gasteiger partial charge in [-0.2, -0.15) is 0 Å². The van der Waals surface area contributed by atoms with Crippen LogP contribution in [0.15, 0.2) is 65.9 Å². The first-order valence-corrected chi connectivity index (χ1v) is 9.05. The van der Waals surface area contributed by atoms with Crippen LogP contribution in [-0.2, 0) is 20.8 Å². The Morgan fingerprint density at radius 2 is 1.69 bits per heavy atom. The molecule has 0 radical (unpaired) electrons. The summed E-state index contributed by atoms with van der Waals surface area (Å²) in [7, 11) is 4.11. The zero-order valence-corrected chi connectivity index (χ0v) is 17.0. The fourth-order valence-corrected chi connectivity index (χ4v) is 2.84. The van der Waals surface area contributed by atoms with Gasteiger partial charge in [0, 0.05) is 12.2 Å². The number of hydrogen-bond acceptors (Lipinski definition) is 6. The number of hydrogen-bond donors (Lipinski definition) is 2. The Morgan fingerprint density at radius 1 is 0.966 bits per heavy atom. The molecule has 0 bridgehead atoms. The van der Waals surface area contributed by atoms with Gasteiger partial charge in [-0.3, -0.25) is 0 Å². The van der Waals surface area contributed by atoms with E-state index in [0.717, 1.165) is 5.56 Å². The normalized spacial score (nSPS) is 12.3. The van der Waals surface area contributed by atoms with Crippen LogP contribution in [-0.4, -0.2) is 33.4 Å². The summed E-state index contributed by atoms with van der Waals surface area (Å²) in [6.07, 6.45) is -0.671. The van der Waals surface area contributed by atoms with Gasteiger partial charge < -0.3 is 24.8 Å². The van der Waals surface area contributed by atoms with E-state index in [2.05, 4.69) is 10.6 Å². The molecule has 2 N–H and O–H groups in total. The predicted octanol–water partition coefficient (Wildman–Crippen LogP) is 3.33. The standard InChI is InChI=1S/C22H26N2O5/c1-15(23-14-16-9-6-5-7-10-16)19(21(25)28-3)20(24-22(26)29-4)17-11-8-12-18(13-17)27-2/h5-13,20,23H,14H2,1-4H3,(H,24,26)/b19-15-/t20-/m0/s1. The van der Waals surface area contributed by atoms with Crippen LogP contribution in [0.4, 0.5) is 4.79 Å². The molecule has 0 aliphatic carbocycles. The van der Waals surface area contributed by atoms with Gasteiger partial charge in [0.25, 0.3) is 0 Å². The number of esters is 1. The highest BCUT2D eigenvalue weighted by atomic mass is 16.5. The molecule has 7 nitrogen and oxygen atoms in total. The summed E-state index contributed by atoms with van der Waals surface area (Å²) in [6, 6.07) is 16.1. The van der Waals surface area contributed by atoms with E-state index in [1.165, 1.54) is 14.2 Å². The van der Waals surface area contributed by atoms with Crippen molar-refractivity contribution in [2.75, 3.05) is 21.3 Å². The van der Waals surface area contributed by atoms with Crippen molar-refractivity contribution in [1.82, 2.24) is 10.6 Å². The molecule has 0 aliphatic heterocycles. The first-order chi connectivity index (χ1) is 14.0. The quantitative estimate of drug-likeness (QED) is 0.524. The average molecular weight is 398 g/mol. The zero-order chi connectivity index (χ0) is 21.2. The highest BCUT2D eigenvalue weighted by molar-refractivity contribution is 5.91. The Kier molecular flexibility index (Phi) is 8.09. The van der Waals surface area contributed by atoms with Crippen LogP contribution >= 0.6 is 0 Å². The van der Waals surface area contributed by atoms with Gasteiger partial charge in [-0.25, -0.2) is 9.59 Å². The molecule has 0 heterocycles. The molecule has 0 spiro atoms. The van der Waals surface area contributed by atoms with E-state index in [1.54, 1.807) is 38.3 Å². The number of carbonyl (C=O) groups is 2. The summed E-state index contributed by atoms with van der Waals surface area (Å²) >= 11 is 0. The number of nitrogens with one attached hydrogen (secondary N) is 2. The Labute approximate surface area is 170 Å². The third-order valence-corrected chi connectivity index (χ3v) is 4.37. The summed E-state index contributed by atoms with van der Waals surface area (Å²) in [4.78, 5) is 24.7. The van der Waals surface area contributed by atoms with E-state index in [9.17, 15) is 9.59 Å². The second-order valence-electron chi connectivity index (χ2n) is 6.21. The van der Waals surface area contributed by atoms with Crippen LogP contribution in [0.25, 0.3) is 0 Å². The molecule has 2 rings (SSSR count). The van der Waals surface area contributed by atoms with Gasteiger partial charge in [-0.1, -0.05) is 42.5 Å². The van der Waals surface area contributed by atoms with E-state index in [1.807, 2.05) is 30.3 Å². The van der Waals surface area contributed by atoms with E-state index < -0.39 is 18.1 Å². The number of methoxy groups -OCH3 is 3. The highest BCUT2D eigenvalue weighted by Gasteiger charge is 2.28. The van der Waals surface area contributed by atoms with Crippen molar-refractivity contribution in [3.05, 3.63) is 77.0 Å². The largest absolute Gasteiger partial charge is 0.497 e. The molecule has 0 unspecified atom stereocenters. The fourth-order valence-electron chi connectivity index (χ4n) is 2.84. The monoisotopic (exact) mass is 398 g/mol. The minimum Gasteiger partial charge on any atom is -0.497 e. The molecule has 1 amide bonds. The van der Waals surface area contributed by atoms with Crippen LogP contribution in [0.3, 0.4) is 0 Å². The molecule has 154 valence electrons. The first kappa shape index (κ1) is 21.8. The number of carbonyl (C=O) groups excluding carboxylic acids is 2. The minimum absolute atomic E-state index is 0.266. The van der Waals surface area contributed by atoms with Crippen molar-refractivity contribution in [1.29, 1.82) is 0 Å². The third kappa shape index (κ3) is 6.00. The summed E-state index contributed by atoms with van der Waals surface area (Å²) < 4.78 is 15.0. The molecule has 0 saturated carbocycles. The van der Waals surface area contributed by atoms with Crippen molar-refractivity contribution in [2.24, 2.45) is 0 Å². The van der Waals surface area contributed by atoms with E-state index in [-0.39, 0.29) is 5.57 Å². The summed E-state index contributed by atoms with van der Waals surface area (Å²) in [6.45, 7) is 2.28. The number of alkyl carbamates (subject to hydrolysis) is 1. The summed E-state index contributed by atoms with van der Waals surface area (Å²) in [5, 5.41) is 5.95. The number of allylic oxidation sites excluding steroid dienone is 1. The van der Waals surface area contributed by atoms with Crippen molar-refractivity contribution in [2.45, 2.75) is 19.5 Å². The lowest BCUT2D eigenvalue weighted by Gasteiger charge is -2.23. The second-order valence-corrected chi connectivity index (χ2v) is 6.21. The maximum Gasteiger partial charge on any atom is 0.407 e. The van der Waals surface area contributed by atoms with Crippen molar-refractivity contribution >= 4 is 12.1 Å². The lowest BCUT2D eigenvalue weighted by atomic mass is 9.96. The number of rotatable bonds is 8. The van der Waals surface area contributed by atoms with Crippen LogP contribution in [0.5, 0.6) is 5.75 Å². The SMILES string of the molecule is COC(=O)N[C@H](/C(C(=O)OC)=C(\C)NCc1ccccc1)c1cccc(OC)c1. The zero-order valence-electron chi connectivity index (χ0n) is 17.0. The molecule has 29 heavy (non-hydrogen) atoms. The van der Waals surface area contributed by atoms with Gasteiger partial charge in [0.2, 0.25) is 0 Å². The van der Waals surface area contributed by atoms with Crippen LogP contribution in [0.1, 0.15) is 24.1 Å². The molecule has 0 saturated heterocycles. The second kappa shape index (κ2) is 10.8. The maximum absolute atomic E-state index is 12.7. The Balaban J connectivity index is 2.45. The lowest BCUT2D eigenvalue weighted by Crippen LogP contribution is -2.34. The molecule has 2 aromatic carbocycles. The lowest BCUT2D eigenvalue weighted by molar-refractivity contribution is -0.136. The highest BCUT2D eigenvalue weighted by Crippen LogP contribution is 2.28. The van der Waals surface area contributed by atoms with Gasteiger partial charge in [-0.05, 0) is 30.2 Å². The third-order valence-electron chi connectivity index (χ3n) is 4.37. The minimum atomic E-state index is -0.798. The Morgan fingerprint density at radius 3 is 2.31 bits per heavy atom. The van der Waals surface area contributed by atoms with Gasteiger partial charge in [0.1, 0.15) is 5.75 Å². The molecule has 7 heteroatoms. The number of ether oxygens (including phenoxy) is 3. The summed E-state index contributed by atoms with van der Waals surface area (Å²) in [5.74, 6) is 0.0329.